The number of ether oxygens (including phenoxy) is 2. The quantitative estimate of drug-likeness (QED) is 0.425. The number of fused-ring (bicyclic) bond motifs is 1. The number of hydrogen-bond acceptors (Lipinski definition) is 7. The monoisotopic (exact) mass is 519 g/mol. The molecule has 2 aliphatic heterocycles. The Labute approximate surface area is 219 Å². The molecule has 10 nitrogen and oxygen atoms in total. The van der Waals surface area contributed by atoms with Gasteiger partial charge >= 0.3 is 6.16 Å². The maximum absolute atomic E-state index is 13.1. The lowest BCUT2D eigenvalue weighted by molar-refractivity contribution is -0.137. The zero-order chi connectivity index (χ0) is 26.6. The minimum Gasteiger partial charge on any atom is -0.431 e. The number of amides is 4. The summed E-state index contributed by atoms with van der Waals surface area (Å²) in [6.07, 6.45) is 1.82. The first-order valence-electron chi connectivity index (χ1n) is 12.9. The topological polar surface area (TPSA) is 131 Å². The molecule has 0 aromatic heterocycles. The third kappa shape index (κ3) is 5.53. The molecule has 1 saturated carbocycles. The number of nitrogens with zero attached hydrogens (tertiary/aromatic N) is 1. The van der Waals surface area contributed by atoms with Crippen LogP contribution in [-0.4, -0.2) is 46.8 Å². The van der Waals surface area contributed by atoms with Gasteiger partial charge in [-0.05, 0) is 49.3 Å². The van der Waals surface area contributed by atoms with E-state index in [1.165, 1.54) is 4.90 Å². The SMILES string of the molecule is O=C1CCC(N2Cc3cc(CNC(=O)[C@@H](OC(=O)OC4CCCC4)c4ccccc4)ccc3C2=O)C(=O)N1. The molecule has 0 bridgehead atoms. The largest absolute Gasteiger partial charge is 0.509 e. The maximum Gasteiger partial charge on any atom is 0.509 e. The molecule has 2 fully saturated rings. The molecular formula is C28H29N3O7. The molecule has 2 aromatic carbocycles. The highest BCUT2D eigenvalue weighted by Gasteiger charge is 2.39. The van der Waals surface area contributed by atoms with E-state index in [1.54, 1.807) is 42.5 Å². The fraction of sp³-hybridized carbons (Fsp3) is 0.393. The Balaban J connectivity index is 1.23. The van der Waals surface area contributed by atoms with Gasteiger partial charge in [0.25, 0.3) is 11.8 Å². The molecule has 3 aliphatic rings. The first-order valence-corrected chi connectivity index (χ1v) is 12.9. The van der Waals surface area contributed by atoms with Crippen molar-refractivity contribution in [2.45, 2.75) is 69.9 Å². The summed E-state index contributed by atoms with van der Waals surface area (Å²) in [6.45, 7) is 0.383. The van der Waals surface area contributed by atoms with Crippen molar-refractivity contribution in [3.63, 3.8) is 0 Å². The summed E-state index contributed by atoms with van der Waals surface area (Å²) < 4.78 is 10.8. The van der Waals surface area contributed by atoms with Crippen molar-refractivity contribution >= 4 is 29.8 Å². The van der Waals surface area contributed by atoms with Gasteiger partial charge in [-0.3, -0.25) is 24.5 Å². The van der Waals surface area contributed by atoms with E-state index in [9.17, 15) is 24.0 Å². The smallest absolute Gasteiger partial charge is 0.431 e. The molecule has 1 aliphatic carbocycles. The van der Waals surface area contributed by atoms with Crippen LogP contribution in [0, 0.1) is 0 Å². The van der Waals surface area contributed by atoms with Gasteiger partial charge < -0.3 is 19.7 Å². The molecule has 1 unspecified atom stereocenters. The van der Waals surface area contributed by atoms with Gasteiger partial charge in [-0.1, -0.05) is 42.5 Å². The van der Waals surface area contributed by atoms with E-state index in [0.717, 1.165) is 36.8 Å². The number of hydrogen-bond donors (Lipinski definition) is 2. The highest BCUT2D eigenvalue weighted by molar-refractivity contribution is 6.05. The van der Waals surface area contributed by atoms with E-state index >= 15 is 0 Å². The molecule has 10 heteroatoms. The summed E-state index contributed by atoms with van der Waals surface area (Å²) in [4.78, 5) is 63.7. The highest BCUT2D eigenvalue weighted by Crippen LogP contribution is 2.29. The van der Waals surface area contributed by atoms with Crippen LogP contribution in [0.3, 0.4) is 0 Å². The number of benzene rings is 2. The van der Waals surface area contributed by atoms with Crippen LogP contribution in [0.15, 0.2) is 48.5 Å². The highest BCUT2D eigenvalue weighted by atomic mass is 16.7. The molecule has 2 N–H and O–H groups in total. The minimum atomic E-state index is -1.18. The summed E-state index contributed by atoms with van der Waals surface area (Å²) in [5, 5.41) is 5.10. The van der Waals surface area contributed by atoms with Crippen LogP contribution < -0.4 is 10.6 Å². The minimum absolute atomic E-state index is 0.142. The van der Waals surface area contributed by atoms with Crippen molar-refractivity contribution < 1.29 is 33.4 Å². The second kappa shape index (κ2) is 11.0. The Hall–Kier alpha value is -4.21. The van der Waals surface area contributed by atoms with Crippen molar-refractivity contribution in [1.29, 1.82) is 0 Å². The predicted molar refractivity (Wildman–Crippen MR) is 133 cm³/mol. The molecular weight excluding hydrogens is 490 g/mol. The Morgan fingerprint density at radius 1 is 1.03 bits per heavy atom. The third-order valence-electron chi connectivity index (χ3n) is 7.17. The van der Waals surface area contributed by atoms with Gasteiger partial charge in [0.2, 0.25) is 17.9 Å². The van der Waals surface area contributed by atoms with Gasteiger partial charge in [-0.25, -0.2) is 4.79 Å². The van der Waals surface area contributed by atoms with E-state index in [2.05, 4.69) is 10.6 Å². The van der Waals surface area contributed by atoms with Crippen molar-refractivity contribution in [3.8, 4) is 0 Å². The van der Waals surface area contributed by atoms with Crippen molar-refractivity contribution in [1.82, 2.24) is 15.5 Å². The fourth-order valence-corrected chi connectivity index (χ4v) is 5.19. The van der Waals surface area contributed by atoms with Crippen LogP contribution in [0.25, 0.3) is 0 Å². The summed E-state index contributed by atoms with van der Waals surface area (Å²) in [5.41, 5.74) is 2.50. The molecule has 2 atom stereocenters. The van der Waals surface area contributed by atoms with Gasteiger partial charge in [0, 0.05) is 30.6 Å². The number of rotatable bonds is 7. The fourth-order valence-electron chi connectivity index (χ4n) is 5.19. The zero-order valence-electron chi connectivity index (χ0n) is 20.8. The lowest BCUT2D eigenvalue weighted by atomic mass is 10.0. The van der Waals surface area contributed by atoms with Crippen molar-refractivity contribution in [3.05, 3.63) is 70.8 Å². The Kier molecular flexibility index (Phi) is 7.39. The molecule has 38 heavy (non-hydrogen) atoms. The van der Waals surface area contributed by atoms with Gasteiger partial charge in [-0.15, -0.1) is 0 Å². The van der Waals surface area contributed by atoms with Crippen LogP contribution in [-0.2, 0) is 36.9 Å². The van der Waals surface area contributed by atoms with E-state index < -0.39 is 30.1 Å². The standard InChI is InChI=1S/C28H29N3O7/c32-23-13-12-22(25(33)30-23)31-16-19-14-17(10-11-21(19)27(31)35)15-29-26(34)24(18-6-2-1-3-7-18)38-28(36)37-20-8-4-5-9-20/h1-3,6-7,10-11,14,20,22,24H,4-5,8-9,12-13,15-16H2,(H,29,34)(H,30,32,33)/t22?,24-/m0/s1. The number of carbonyl (C=O) groups excluding carboxylic acids is 5. The summed E-state index contributed by atoms with van der Waals surface area (Å²) in [7, 11) is 0. The van der Waals surface area contributed by atoms with Crippen LogP contribution in [0.4, 0.5) is 4.79 Å². The average Bonchev–Trinajstić information content (AvgIpc) is 3.54. The number of nitrogens with one attached hydrogen (secondary N) is 2. The average molecular weight is 520 g/mol. The number of imide groups is 1. The first kappa shape index (κ1) is 25.4. The van der Waals surface area contributed by atoms with Crippen molar-refractivity contribution in [2.75, 3.05) is 0 Å². The van der Waals surface area contributed by atoms with E-state index in [-0.39, 0.29) is 43.8 Å². The lowest BCUT2D eigenvalue weighted by Gasteiger charge is -2.29. The van der Waals surface area contributed by atoms with Crippen LogP contribution >= 0.6 is 0 Å². The zero-order valence-corrected chi connectivity index (χ0v) is 20.8. The second-order valence-electron chi connectivity index (χ2n) is 9.79. The molecule has 1 saturated heterocycles. The molecule has 0 spiro atoms. The number of carbonyl (C=O) groups is 5. The predicted octanol–water partition coefficient (Wildman–Crippen LogP) is 2.90. The van der Waals surface area contributed by atoms with Gasteiger partial charge in [0.15, 0.2) is 0 Å². The summed E-state index contributed by atoms with van der Waals surface area (Å²) in [5.74, 6) is -1.56. The number of piperidine rings is 1. The lowest BCUT2D eigenvalue weighted by Crippen LogP contribution is -2.52. The molecule has 2 heterocycles. The molecule has 5 rings (SSSR count). The Morgan fingerprint density at radius 2 is 1.79 bits per heavy atom. The summed E-state index contributed by atoms with van der Waals surface area (Å²) in [6, 6.07) is 13.3. The van der Waals surface area contributed by atoms with Gasteiger partial charge in [0.05, 0.1) is 0 Å². The molecule has 198 valence electrons. The molecule has 2 aromatic rings. The first-order chi connectivity index (χ1) is 18.4. The Morgan fingerprint density at radius 3 is 2.53 bits per heavy atom. The third-order valence-corrected chi connectivity index (χ3v) is 7.17. The van der Waals surface area contributed by atoms with Crippen LogP contribution in [0.1, 0.15) is 71.7 Å². The maximum atomic E-state index is 13.1. The molecule has 4 amide bonds. The van der Waals surface area contributed by atoms with E-state index in [1.807, 2.05) is 6.07 Å². The Bertz CT molecular complexity index is 1260. The van der Waals surface area contributed by atoms with Crippen LogP contribution in [0.5, 0.6) is 0 Å². The van der Waals surface area contributed by atoms with E-state index in [4.69, 9.17) is 9.47 Å². The van der Waals surface area contributed by atoms with E-state index in [0.29, 0.717) is 11.1 Å². The second-order valence-corrected chi connectivity index (χ2v) is 9.79. The normalized spacial score (nSPS) is 20.1. The van der Waals surface area contributed by atoms with Gasteiger partial charge in [0.1, 0.15) is 12.1 Å². The molecule has 0 radical (unpaired) electrons. The summed E-state index contributed by atoms with van der Waals surface area (Å²) >= 11 is 0. The van der Waals surface area contributed by atoms with Crippen molar-refractivity contribution in [2.24, 2.45) is 0 Å². The van der Waals surface area contributed by atoms with Gasteiger partial charge in [-0.2, -0.15) is 0 Å². The van der Waals surface area contributed by atoms with Crippen LogP contribution in [0.2, 0.25) is 0 Å².